The molecule has 0 aliphatic heterocycles. The quantitative estimate of drug-likeness (QED) is 0.450. The van der Waals surface area contributed by atoms with E-state index in [1.807, 2.05) is 0 Å². The van der Waals surface area contributed by atoms with Crippen LogP contribution in [0.1, 0.15) is 39.5 Å². The van der Waals surface area contributed by atoms with Crippen molar-refractivity contribution in [1.82, 2.24) is 4.90 Å². The zero-order valence-corrected chi connectivity index (χ0v) is 12.1. The van der Waals surface area contributed by atoms with Crippen molar-refractivity contribution in [3.05, 3.63) is 0 Å². The summed E-state index contributed by atoms with van der Waals surface area (Å²) in [6.45, 7) is 7.69. The summed E-state index contributed by atoms with van der Waals surface area (Å²) >= 11 is 3.48. The van der Waals surface area contributed by atoms with Gasteiger partial charge in [-0.2, -0.15) is 0 Å². The van der Waals surface area contributed by atoms with Gasteiger partial charge in [-0.05, 0) is 32.2 Å². The van der Waals surface area contributed by atoms with Crippen molar-refractivity contribution in [1.29, 1.82) is 0 Å². The standard InChI is InChI=1S/C12H26BrNO/c1-4-12(5-2)14(10-11-15-3)9-7-6-8-13/h12H,4-11H2,1-3H3. The number of hydrogen-bond donors (Lipinski definition) is 0. The van der Waals surface area contributed by atoms with E-state index in [1.54, 1.807) is 7.11 Å². The van der Waals surface area contributed by atoms with Crippen LogP contribution >= 0.6 is 15.9 Å². The maximum absolute atomic E-state index is 5.17. The van der Waals surface area contributed by atoms with Gasteiger partial charge in [0.2, 0.25) is 0 Å². The van der Waals surface area contributed by atoms with Gasteiger partial charge in [-0.15, -0.1) is 0 Å². The van der Waals surface area contributed by atoms with E-state index in [0.29, 0.717) is 0 Å². The fourth-order valence-corrected chi connectivity index (χ4v) is 2.30. The first-order valence-corrected chi connectivity index (χ1v) is 7.21. The van der Waals surface area contributed by atoms with Crippen LogP contribution < -0.4 is 0 Å². The number of halogens is 1. The molecule has 0 aromatic rings. The monoisotopic (exact) mass is 279 g/mol. The van der Waals surface area contributed by atoms with Gasteiger partial charge in [0, 0.05) is 25.0 Å². The summed E-state index contributed by atoms with van der Waals surface area (Å²) in [5, 5.41) is 1.12. The second-order valence-electron chi connectivity index (χ2n) is 3.90. The lowest BCUT2D eigenvalue weighted by molar-refractivity contribution is 0.114. The highest BCUT2D eigenvalue weighted by atomic mass is 79.9. The highest BCUT2D eigenvalue weighted by molar-refractivity contribution is 9.09. The van der Waals surface area contributed by atoms with Gasteiger partial charge >= 0.3 is 0 Å². The van der Waals surface area contributed by atoms with Crippen LogP contribution in [0, 0.1) is 0 Å². The maximum Gasteiger partial charge on any atom is 0.0589 e. The molecule has 0 rings (SSSR count). The molecule has 15 heavy (non-hydrogen) atoms. The molecule has 0 unspecified atom stereocenters. The summed E-state index contributed by atoms with van der Waals surface area (Å²) in [7, 11) is 1.78. The Morgan fingerprint density at radius 1 is 1.13 bits per heavy atom. The Bertz CT molecular complexity index is 129. The van der Waals surface area contributed by atoms with Crippen LogP contribution in [0.4, 0.5) is 0 Å². The summed E-state index contributed by atoms with van der Waals surface area (Å²) in [5.74, 6) is 0. The molecule has 0 fully saturated rings. The topological polar surface area (TPSA) is 12.5 Å². The molecular weight excluding hydrogens is 254 g/mol. The van der Waals surface area contributed by atoms with E-state index in [9.17, 15) is 0 Å². The molecule has 0 aliphatic rings. The third kappa shape index (κ3) is 7.31. The van der Waals surface area contributed by atoms with E-state index in [-0.39, 0.29) is 0 Å². The smallest absolute Gasteiger partial charge is 0.0589 e. The minimum atomic E-state index is 0.732. The Morgan fingerprint density at radius 2 is 1.80 bits per heavy atom. The van der Waals surface area contributed by atoms with Gasteiger partial charge in [0.25, 0.3) is 0 Å². The van der Waals surface area contributed by atoms with Crippen molar-refractivity contribution >= 4 is 15.9 Å². The molecule has 0 atom stereocenters. The molecular formula is C12H26BrNO. The molecule has 0 spiro atoms. The average Bonchev–Trinajstić information content (AvgIpc) is 2.26. The Balaban J connectivity index is 3.91. The minimum Gasteiger partial charge on any atom is -0.383 e. The minimum absolute atomic E-state index is 0.732. The van der Waals surface area contributed by atoms with Crippen molar-refractivity contribution < 1.29 is 4.74 Å². The molecule has 0 aromatic heterocycles. The number of unbranched alkanes of at least 4 members (excludes halogenated alkanes) is 1. The van der Waals surface area contributed by atoms with E-state index >= 15 is 0 Å². The molecule has 0 saturated heterocycles. The summed E-state index contributed by atoms with van der Waals surface area (Å²) in [6, 6.07) is 0.732. The molecule has 0 bridgehead atoms. The van der Waals surface area contributed by atoms with Gasteiger partial charge < -0.3 is 4.74 Å². The summed E-state index contributed by atoms with van der Waals surface area (Å²) < 4.78 is 5.17. The second kappa shape index (κ2) is 10.9. The molecule has 3 heteroatoms. The van der Waals surface area contributed by atoms with Gasteiger partial charge in [-0.1, -0.05) is 29.8 Å². The van der Waals surface area contributed by atoms with Crippen LogP contribution in [-0.4, -0.2) is 43.1 Å². The molecule has 0 aromatic carbocycles. The van der Waals surface area contributed by atoms with Gasteiger partial charge in [-0.3, -0.25) is 4.90 Å². The number of rotatable bonds is 10. The fourth-order valence-electron chi connectivity index (χ4n) is 1.90. The van der Waals surface area contributed by atoms with Gasteiger partial charge in [0.1, 0.15) is 0 Å². The lowest BCUT2D eigenvalue weighted by Gasteiger charge is -2.30. The predicted octanol–water partition coefficient (Wildman–Crippen LogP) is 3.30. The molecule has 0 N–H and O–H groups in total. The van der Waals surface area contributed by atoms with E-state index in [4.69, 9.17) is 4.74 Å². The van der Waals surface area contributed by atoms with Crippen LogP contribution in [0.15, 0.2) is 0 Å². The zero-order chi connectivity index (χ0) is 11.5. The van der Waals surface area contributed by atoms with E-state index in [0.717, 1.165) is 24.5 Å². The maximum atomic E-state index is 5.17. The lowest BCUT2D eigenvalue weighted by atomic mass is 10.1. The number of ether oxygens (including phenoxy) is 1. The highest BCUT2D eigenvalue weighted by Crippen LogP contribution is 2.10. The SMILES string of the molecule is CCC(CC)N(CCCCBr)CCOC. The van der Waals surface area contributed by atoms with Crippen LogP contribution in [0.3, 0.4) is 0 Å². The van der Waals surface area contributed by atoms with Crippen molar-refractivity contribution in [2.45, 2.75) is 45.6 Å². The van der Waals surface area contributed by atoms with E-state index < -0.39 is 0 Å². The molecule has 2 nitrogen and oxygen atoms in total. The van der Waals surface area contributed by atoms with E-state index in [1.165, 1.54) is 32.2 Å². The first kappa shape index (κ1) is 15.4. The average molecular weight is 280 g/mol. The Kier molecular flexibility index (Phi) is 11.2. The zero-order valence-electron chi connectivity index (χ0n) is 10.5. The third-order valence-electron chi connectivity index (χ3n) is 2.87. The number of hydrogen-bond acceptors (Lipinski definition) is 2. The predicted molar refractivity (Wildman–Crippen MR) is 70.8 cm³/mol. The van der Waals surface area contributed by atoms with Gasteiger partial charge in [0.05, 0.1) is 6.61 Å². The second-order valence-corrected chi connectivity index (χ2v) is 4.69. The largest absolute Gasteiger partial charge is 0.383 e. The van der Waals surface area contributed by atoms with Gasteiger partial charge in [-0.25, -0.2) is 0 Å². The van der Waals surface area contributed by atoms with Crippen LogP contribution in [-0.2, 0) is 4.74 Å². The highest BCUT2D eigenvalue weighted by Gasteiger charge is 2.13. The van der Waals surface area contributed by atoms with Crippen LogP contribution in [0.25, 0.3) is 0 Å². The van der Waals surface area contributed by atoms with Crippen molar-refractivity contribution in [2.24, 2.45) is 0 Å². The molecule has 0 saturated carbocycles. The van der Waals surface area contributed by atoms with Crippen molar-refractivity contribution in [3.63, 3.8) is 0 Å². The number of nitrogens with zero attached hydrogens (tertiary/aromatic N) is 1. The first-order chi connectivity index (χ1) is 7.29. The molecule has 0 radical (unpaired) electrons. The Labute approximate surface area is 103 Å². The Hall–Kier alpha value is 0.400. The molecule has 0 aliphatic carbocycles. The molecule has 0 amide bonds. The first-order valence-electron chi connectivity index (χ1n) is 6.09. The van der Waals surface area contributed by atoms with Crippen molar-refractivity contribution in [3.8, 4) is 0 Å². The van der Waals surface area contributed by atoms with Crippen molar-refractivity contribution in [2.75, 3.05) is 32.1 Å². The van der Waals surface area contributed by atoms with Crippen LogP contribution in [0.5, 0.6) is 0 Å². The number of methoxy groups -OCH3 is 1. The fraction of sp³-hybridized carbons (Fsp3) is 1.00. The third-order valence-corrected chi connectivity index (χ3v) is 3.43. The summed E-state index contributed by atoms with van der Waals surface area (Å²) in [6.07, 6.45) is 5.04. The molecule has 0 heterocycles. The summed E-state index contributed by atoms with van der Waals surface area (Å²) in [5.41, 5.74) is 0. The normalized spacial score (nSPS) is 11.6. The van der Waals surface area contributed by atoms with E-state index in [2.05, 4.69) is 34.7 Å². The lowest BCUT2D eigenvalue weighted by Crippen LogP contribution is -2.37. The van der Waals surface area contributed by atoms with Crippen LogP contribution in [0.2, 0.25) is 0 Å². The number of alkyl halides is 1. The summed E-state index contributed by atoms with van der Waals surface area (Å²) in [4.78, 5) is 2.58. The van der Waals surface area contributed by atoms with Gasteiger partial charge in [0.15, 0.2) is 0 Å². The molecule has 92 valence electrons. The Morgan fingerprint density at radius 3 is 2.27 bits per heavy atom.